The molecular weight excluding hydrogens is 869 g/mol. The number of fused-ring (bicyclic) bond motifs is 2. The van der Waals surface area contributed by atoms with Crippen LogP contribution in [0.25, 0.3) is 10.4 Å². The van der Waals surface area contributed by atoms with Crippen LogP contribution in [0.1, 0.15) is 80.2 Å². The highest BCUT2D eigenvalue weighted by molar-refractivity contribution is 7.89. The first-order valence-electron chi connectivity index (χ1n) is 22.7. The lowest BCUT2D eigenvalue weighted by Gasteiger charge is -2.41. The smallest absolute Gasteiger partial charge is 0.337 e. The fraction of sp³-hybridized carbons (Fsp3) is 0.520. The first kappa shape index (κ1) is 47.0. The van der Waals surface area contributed by atoms with Gasteiger partial charge in [0.15, 0.2) is 5.79 Å². The number of nitrogens with zero attached hydrogens (tertiary/aromatic N) is 2. The number of anilines is 1. The van der Waals surface area contributed by atoms with E-state index < -0.39 is 45.9 Å². The van der Waals surface area contributed by atoms with Crippen molar-refractivity contribution in [2.24, 2.45) is 23.2 Å². The highest BCUT2D eigenvalue weighted by Gasteiger charge is 2.53. The van der Waals surface area contributed by atoms with Crippen LogP contribution in [0, 0.1) is 23.2 Å². The predicted octanol–water partition coefficient (Wildman–Crippen LogP) is 7.86. The lowest BCUT2D eigenvalue weighted by atomic mass is 9.76. The number of para-hydroxylation sites is 1. The first-order valence-corrected chi connectivity index (χ1v) is 25.0. The van der Waals surface area contributed by atoms with Crippen molar-refractivity contribution in [1.29, 1.82) is 0 Å². The number of thiophene rings is 1. The summed E-state index contributed by atoms with van der Waals surface area (Å²) in [4.78, 5) is 30.7. The lowest BCUT2D eigenvalue weighted by molar-refractivity contribution is -0.181. The van der Waals surface area contributed by atoms with E-state index in [-0.39, 0.29) is 60.8 Å². The SMILES string of the molecule is COc1ccc(S(=O)(=O)N(CC(C)C)C[C@@H](O)[C@@H](CC(=O)O[C@H]2CO[C@@]3(C)OCC[C@@H]23)Cc2ccc(OC3CN(c4ccccc4-c4sc5c(c4C(=O)O)CC(C)(C)CC5)C3)cc2)cc1. The monoisotopic (exact) mass is 930 g/mol. The van der Waals surface area contributed by atoms with Gasteiger partial charge in [-0.2, -0.15) is 4.31 Å². The quantitative estimate of drug-likeness (QED) is 0.0932. The van der Waals surface area contributed by atoms with Gasteiger partial charge in [-0.25, -0.2) is 13.2 Å². The fourth-order valence-corrected chi connectivity index (χ4v) is 12.8. The van der Waals surface area contributed by atoms with E-state index in [9.17, 15) is 28.2 Å². The number of carboxylic acids is 1. The number of carbonyl (C=O) groups excluding carboxylic acids is 1. The van der Waals surface area contributed by atoms with Crippen molar-refractivity contribution in [3.05, 3.63) is 94.4 Å². The number of carbonyl (C=O) groups is 2. The van der Waals surface area contributed by atoms with Gasteiger partial charge in [0.2, 0.25) is 10.0 Å². The summed E-state index contributed by atoms with van der Waals surface area (Å²) >= 11 is 1.62. The number of benzene rings is 3. The second-order valence-corrected chi connectivity index (χ2v) is 22.4. The number of aryl methyl sites for hydroxylation is 1. The highest BCUT2D eigenvalue weighted by atomic mass is 32.2. The largest absolute Gasteiger partial charge is 0.497 e. The summed E-state index contributed by atoms with van der Waals surface area (Å²) in [5.74, 6) is -1.81. The molecule has 0 spiro atoms. The maximum atomic E-state index is 14.0. The molecule has 0 bridgehead atoms. The Kier molecular flexibility index (Phi) is 13.7. The molecule has 350 valence electrons. The number of sulfonamides is 1. The normalized spacial score (nSPS) is 22.6. The topological polar surface area (TPSA) is 161 Å². The first-order chi connectivity index (χ1) is 30.9. The van der Waals surface area contributed by atoms with Gasteiger partial charge in [-0.15, -0.1) is 11.3 Å². The molecule has 5 atom stereocenters. The summed E-state index contributed by atoms with van der Waals surface area (Å²) in [6.45, 7) is 12.0. The Balaban J connectivity index is 0.951. The van der Waals surface area contributed by atoms with E-state index in [0.29, 0.717) is 43.2 Å². The molecule has 0 radical (unpaired) electrons. The molecule has 13 nitrogen and oxygen atoms in total. The molecule has 4 aromatic rings. The average Bonchev–Trinajstić information content (AvgIpc) is 3.92. The molecule has 8 rings (SSSR count). The summed E-state index contributed by atoms with van der Waals surface area (Å²) < 4.78 is 58.7. The third kappa shape index (κ3) is 10.3. The fourth-order valence-electron chi connectivity index (χ4n) is 9.80. The van der Waals surface area contributed by atoms with E-state index in [2.05, 4.69) is 18.7 Å². The number of rotatable bonds is 18. The molecule has 3 aromatic carbocycles. The van der Waals surface area contributed by atoms with E-state index in [4.69, 9.17) is 23.7 Å². The molecular formula is C50H62N2O11S2. The van der Waals surface area contributed by atoms with Crippen LogP contribution in [0.5, 0.6) is 11.5 Å². The number of carboxylic acid groups (broad SMARTS) is 1. The molecule has 3 saturated heterocycles. The Morgan fingerprint density at radius 3 is 2.37 bits per heavy atom. The number of esters is 1. The number of hydrogen-bond acceptors (Lipinski definition) is 12. The van der Waals surface area contributed by atoms with E-state index in [0.717, 1.165) is 46.5 Å². The molecule has 4 aliphatic rings. The van der Waals surface area contributed by atoms with Crippen LogP contribution in [-0.4, -0.2) is 105 Å². The van der Waals surface area contributed by atoms with Gasteiger partial charge >= 0.3 is 11.9 Å². The second kappa shape index (κ2) is 19.0. The molecule has 0 saturated carbocycles. The zero-order valence-electron chi connectivity index (χ0n) is 38.2. The number of aliphatic hydroxyl groups excluding tert-OH is 1. The summed E-state index contributed by atoms with van der Waals surface area (Å²) in [6, 6.07) is 21.7. The molecule has 3 fully saturated rings. The van der Waals surface area contributed by atoms with E-state index in [1.807, 2.05) is 69.3 Å². The molecule has 1 aliphatic carbocycles. The molecule has 4 heterocycles. The van der Waals surface area contributed by atoms with Crippen LogP contribution in [0.4, 0.5) is 5.69 Å². The van der Waals surface area contributed by atoms with Crippen LogP contribution in [0.3, 0.4) is 0 Å². The van der Waals surface area contributed by atoms with Crippen molar-refractivity contribution in [2.45, 2.75) is 102 Å². The molecule has 0 unspecified atom stereocenters. The molecule has 3 aliphatic heterocycles. The third-order valence-corrected chi connectivity index (χ3v) is 16.6. The van der Waals surface area contributed by atoms with Gasteiger partial charge in [0.25, 0.3) is 0 Å². The van der Waals surface area contributed by atoms with Crippen LogP contribution >= 0.6 is 11.3 Å². The summed E-state index contributed by atoms with van der Waals surface area (Å²) in [7, 11) is -2.51. The minimum Gasteiger partial charge on any atom is -0.497 e. The number of methoxy groups -OCH3 is 1. The van der Waals surface area contributed by atoms with E-state index in [1.165, 1.54) is 28.4 Å². The minimum absolute atomic E-state index is 0.0437. The number of aromatic carboxylic acids is 1. The van der Waals surface area contributed by atoms with Gasteiger partial charge in [-0.1, -0.05) is 58.0 Å². The molecule has 2 N–H and O–H groups in total. The Bertz CT molecular complexity index is 2450. The Hall–Kier alpha value is -4.51. The zero-order valence-corrected chi connectivity index (χ0v) is 39.8. The number of hydrogen-bond donors (Lipinski definition) is 2. The second-order valence-electron chi connectivity index (χ2n) is 19.4. The third-order valence-electron chi connectivity index (χ3n) is 13.4. The maximum absolute atomic E-state index is 14.0. The molecule has 1 aromatic heterocycles. The van der Waals surface area contributed by atoms with Crippen LogP contribution < -0.4 is 14.4 Å². The number of aliphatic hydroxyl groups is 1. The van der Waals surface area contributed by atoms with Gasteiger partial charge < -0.3 is 38.8 Å². The molecule has 15 heteroatoms. The van der Waals surface area contributed by atoms with E-state index in [1.54, 1.807) is 23.5 Å². The van der Waals surface area contributed by atoms with Crippen molar-refractivity contribution in [1.82, 2.24) is 4.31 Å². The summed E-state index contributed by atoms with van der Waals surface area (Å²) in [5, 5.41) is 22.4. The lowest BCUT2D eigenvalue weighted by Crippen LogP contribution is -2.54. The zero-order chi connectivity index (χ0) is 46.3. The standard InChI is InChI=1S/C50H62N2O11S2/c1-31(2)26-52(65(57,58)37-17-15-34(59-6)16-18-37)29-42(53)33(24-45(54)63-43-30-61-50(5)40(43)20-22-60-50)23-32-11-13-35(14-12-32)62-36-27-51(28-36)41-10-8-7-9-38(41)47-46(48(55)56)39-25-49(3,4)21-19-44(39)64-47/h7-18,31,33,36,40,42-43,53H,19-30H2,1-6H3,(H,55,56)/t33-,40+,42-,43+,50-/m1/s1. The van der Waals surface area contributed by atoms with Gasteiger partial charge in [-0.05, 0) is 104 Å². The van der Waals surface area contributed by atoms with Crippen LogP contribution in [0.15, 0.2) is 77.7 Å². The predicted molar refractivity (Wildman–Crippen MR) is 248 cm³/mol. The minimum atomic E-state index is -4.02. The van der Waals surface area contributed by atoms with Crippen LogP contribution in [-0.2, 0) is 48.3 Å². The van der Waals surface area contributed by atoms with Gasteiger partial charge in [0.05, 0.1) is 67.2 Å². The van der Waals surface area contributed by atoms with Crippen LogP contribution in [0.2, 0.25) is 0 Å². The Morgan fingerprint density at radius 1 is 0.969 bits per heavy atom. The van der Waals surface area contributed by atoms with Gasteiger partial charge in [-0.3, -0.25) is 4.79 Å². The number of ether oxygens (including phenoxy) is 5. The Labute approximate surface area is 386 Å². The molecule has 65 heavy (non-hydrogen) atoms. The van der Waals surface area contributed by atoms with Crippen molar-refractivity contribution in [2.75, 3.05) is 51.4 Å². The van der Waals surface area contributed by atoms with E-state index >= 15 is 0 Å². The van der Waals surface area contributed by atoms with Crippen molar-refractivity contribution >= 4 is 39.0 Å². The maximum Gasteiger partial charge on any atom is 0.337 e. The Morgan fingerprint density at radius 2 is 1.68 bits per heavy atom. The van der Waals surface area contributed by atoms with Crippen molar-refractivity contribution < 1.29 is 51.9 Å². The summed E-state index contributed by atoms with van der Waals surface area (Å²) in [6.07, 6.45) is 1.73. The van der Waals surface area contributed by atoms with Crippen molar-refractivity contribution in [3.63, 3.8) is 0 Å². The average molecular weight is 931 g/mol. The van der Waals surface area contributed by atoms with Gasteiger partial charge in [0.1, 0.15) is 23.7 Å². The summed E-state index contributed by atoms with van der Waals surface area (Å²) in [5.41, 5.74) is 4.23. The molecule has 0 amide bonds. The van der Waals surface area contributed by atoms with Crippen molar-refractivity contribution in [3.8, 4) is 21.9 Å². The van der Waals surface area contributed by atoms with Gasteiger partial charge in [0, 0.05) is 35.1 Å². The highest BCUT2D eigenvalue weighted by Crippen LogP contribution is 2.48.